The molecule has 0 radical (unpaired) electrons. The predicted molar refractivity (Wildman–Crippen MR) is 110 cm³/mol. The fourth-order valence-electron chi connectivity index (χ4n) is 2.98. The Morgan fingerprint density at radius 1 is 1.23 bits per heavy atom. The average Bonchev–Trinajstić information content (AvgIpc) is 3.51. The van der Waals surface area contributed by atoms with Gasteiger partial charge in [-0.2, -0.15) is 9.78 Å². The second kappa shape index (κ2) is 7.87. The van der Waals surface area contributed by atoms with Gasteiger partial charge >= 0.3 is 5.69 Å². The summed E-state index contributed by atoms with van der Waals surface area (Å²) in [6, 6.07) is 10.4. The van der Waals surface area contributed by atoms with Crippen molar-refractivity contribution in [3.63, 3.8) is 0 Å². The molecule has 0 unspecified atom stereocenters. The molecule has 1 amide bonds. The second-order valence-corrected chi connectivity index (χ2v) is 7.65. The minimum atomic E-state index is -0.836. The first-order valence-electron chi connectivity index (χ1n) is 9.39. The van der Waals surface area contributed by atoms with Gasteiger partial charge in [0.25, 0.3) is 11.5 Å². The van der Waals surface area contributed by atoms with E-state index in [1.165, 1.54) is 24.3 Å². The Morgan fingerprint density at radius 2 is 2.00 bits per heavy atom. The summed E-state index contributed by atoms with van der Waals surface area (Å²) in [5, 5.41) is 7.16. The molecule has 2 aromatic carbocycles. The molecule has 9 heteroatoms. The average molecular weight is 429 g/mol. The standard InChI is InChI=1S/C21H18ClFN4O3/c1-12-5-8-16(10-17(12)22)27-21(30)26(11-13-3-2-4-14(23)9-13)20(29)18(25-27)19(28)24-15-6-7-15/h2-5,8-10,15H,6-7,11H2,1H3,(H,24,28). The lowest BCUT2D eigenvalue weighted by atomic mass is 10.2. The van der Waals surface area contributed by atoms with Crippen molar-refractivity contribution in [3.8, 4) is 5.69 Å². The highest BCUT2D eigenvalue weighted by Crippen LogP contribution is 2.19. The number of aryl methyl sites for hydroxylation is 1. The summed E-state index contributed by atoms with van der Waals surface area (Å²) in [6.45, 7) is 1.60. The van der Waals surface area contributed by atoms with Crippen LogP contribution in [0.5, 0.6) is 0 Å². The number of rotatable bonds is 5. The maximum Gasteiger partial charge on any atom is 0.352 e. The zero-order valence-electron chi connectivity index (χ0n) is 16.1. The number of nitrogens with one attached hydrogen (secondary N) is 1. The van der Waals surface area contributed by atoms with Gasteiger partial charge in [0, 0.05) is 11.1 Å². The molecule has 1 heterocycles. The third-order valence-electron chi connectivity index (χ3n) is 4.82. The SMILES string of the molecule is Cc1ccc(-n2nc(C(=O)NC3CC3)c(=O)n(Cc3cccc(F)c3)c2=O)cc1Cl. The summed E-state index contributed by atoms with van der Waals surface area (Å²) in [5.41, 5.74) is -0.488. The van der Waals surface area contributed by atoms with E-state index < -0.39 is 28.7 Å². The molecule has 1 aromatic heterocycles. The van der Waals surface area contributed by atoms with E-state index in [9.17, 15) is 18.8 Å². The maximum atomic E-state index is 13.6. The molecule has 1 aliphatic rings. The monoisotopic (exact) mass is 428 g/mol. The van der Waals surface area contributed by atoms with Crippen LogP contribution in [0.4, 0.5) is 4.39 Å². The molecule has 0 atom stereocenters. The van der Waals surface area contributed by atoms with Crippen molar-refractivity contribution in [1.29, 1.82) is 0 Å². The van der Waals surface area contributed by atoms with Crippen molar-refractivity contribution in [3.05, 3.63) is 91.0 Å². The van der Waals surface area contributed by atoms with E-state index in [1.54, 1.807) is 18.2 Å². The summed E-state index contributed by atoms with van der Waals surface area (Å²) in [6.07, 6.45) is 1.66. The predicted octanol–water partition coefficient (Wildman–Crippen LogP) is 2.44. The van der Waals surface area contributed by atoms with Gasteiger partial charge in [-0.1, -0.05) is 29.8 Å². The summed E-state index contributed by atoms with van der Waals surface area (Å²) >= 11 is 6.18. The molecule has 1 aliphatic carbocycles. The van der Waals surface area contributed by atoms with Gasteiger partial charge in [0.2, 0.25) is 5.69 Å². The molecular weight excluding hydrogens is 411 g/mol. The lowest BCUT2D eigenvalue weighted by Crippen LogP contribution is -2.46. The molecule has 7 nitrogen and oxygen atoms in total. The number of halogens is 2. The fourth-order valence-corrected chi connectivity index (χ4v) is 3.15. The molecule has 4 rings (SSSR count). The van der Waals surface area contributed by atoms with Crippen LogP contribution in [-0.2, 0) is 6.54 Å². The Morgan fingerprint density at radius 3 is 2.67 bits per heavy atom. The zero-order valence-corrected chi connectivity index (χ0v) is 16.8. The van der Waals surface area contributed by atoms with Crippen LogP contribution in [0.1, 0.15) is 34.5 Å². The summed E-state index contributed by atoms with van der Waals surface area (Å²) < 4.78 is 15.4. The van der Waals surface area contributed by atoms with Crippen molar-refractivity contribution in [2.24, 2.45) is 0 Å². The number of carbonyl (C=O) groups excluding carboxylic acids is 1. The molecular formula is C21H18ClFN4O3. The van der Waals surface area contributed by atoms with E-state index in [4.69, 9.17) is 11.6 Å². The Labute approximate surface area is 175 Å². The molecule has 0 bridgehead atoms. The van der Waals surface area contributed by atoms with Gasteiger partial charge in [0.15, 0.2) is 0 Å². The van der Waals surface area contributed by atoms with Crippen molar-refractivity contribution < 1.29 is 9.18 Å². The molecule has 3 aromatic rings. The number of amides is 1. The van der Waals surface area contributed by atoms with Gasteiger partial charge in [-0.25, -0.2) is 9.18 Å². The third-order valence-corrected chi connectivity index (χ3v) is 5.22. The van der Waals surface area contributed by atoms with Crippen molar-refractivity contribution in [1.82, 2.24) is 19.7 Å². The first-order valence-corrected chi connectivity index (χ1v) is 9.77. The Hall–Kier alpha value is -3.26. The van der Waals surface area contributed by atoms with Gasteiger partial charge in [-0.15, -0.1) is 0 Å². The highest BCUT2D eigenvalue weighted by molar-refractivity contribution is 6.31. The van der Waals surface area contributed by atoms with Crippen LogP contribution < -0.4 is 16.6 Å². The fraction of sp³-hybridized carbons (Fsp3) is 0.238. The summed E-state index contributed by atoms with van der Waals surface area (Å²) in [4.78, 5) is 38.6. The van der Waals surface area contributed by atoms with E-state index in [2.05, 4.69) is 10.4 Å². The van der Waals surface area contributed by atoms with E-state index in [1.807, 2.05) is 6.92 Å². The zero-order chi connectivity index (χ0) is 21.4. The van der Waals surface area contributed by atoms with Gasteiger partial charge in [-0.05, 0) is 55.2 Å². The quantitative estimate of drug-likeness (QED) is 0.676. The number of benzene rings is 2. The minimum Gasteiger partial charge on any atom is -0.348 e. The van der Waals surface area contributed by atoms with Crippen LogP contribution in [-0.4, -0.2) is 26.3 Å². The maximum absolute atomic E-state index is 13.6. The van der Waals surface area contributed by atoms with Gasteiger partial charge in [-0.3, -0.25) is 14.2 Å². The van der Waals surface area contributed by atoms with Crippen LogP contribution in [0.15, 0.2) is 52.1 Å². The first-order chi connectivity index (χ1) is 14.3. The van der Waals surface area contributed by atoms with Gasteiger partial charge in [0.1, 0.15) is 5.82 Å². The summed E-state index contributed by atoms with van der Waals surface area (Å²) in [7, 11) is 0. The Balaban J connectivity index is 1.88. The third kappa shape index (κ3) is 4.04. The highest BCUT2D eigenvalue weighted by Gasteiger charge is 2.27. The van der Waals surface area contributed by atoms with Crippen molar-refractivity contribution >= 4 is 17.5 Å². The normalized spacial score (nSPS) is 13.3. The number of nitrogens with zero attached hydrogens (tertiary/aromatic N) is 3. The molecule has 0 saturated heterocycles. The molecule has 30 heavy (non-hydrogen) atoms. The first kappa shape index (κ1) is 20.0. The number of hydrogen-bond acceptors (Lipinski definition) is 4. The second-order valence-electron chi connectivity index (χ2n) is 7.25. The molecule has 0 spiro atoms. The van der Waals surface area contributed by atoms with E-state index in [0.717, 1.165) is 27.7 Å². The van der Waals surface area contributed by atoms with Gasteiger partial charge in [0.05, 0.1) is 12.2 Å². The van der Waals surface area contributed by atoms with Crippen LogP contribution in [0.3, 0.4) is 0 Å². The number of aromatic nitrogens is 3. The number of hydrogen-bond donors (Lipinski definition) is 1. The van der Waals surface area contributed by atoms with Crippen LogP contribution in [0.2, 0.25) is 5.02 Å². The molecule has 0 aliphatic heterocycles. The van der Waals surface area contributed by atoms with Crippen LogP contribution in [0.25, 0.3) is 5.69 Å². The molecule has 1 fully saturated rings. The molecule has 1 N–H and O–H groups in total. The number of carbonyl (C=O) groups is 1. The lowest BCUT2D eigenvalue weighted by Gasteiger charge is -2.13. The molecule has 1 saturated carbocycles. The van der Waals surface area contributed by atoms with Crippen molar-refractivity contribution in [2.75, 3.05) is 0 Å². The summed E-state index contributed by atoms with van der Waals surface area (Å²) in [5.74, 6) is -1.14. The van der Waals surface area contributed by atoms with Crippen LogP contribution in [0, 0.1) is 12.7 Å². The topological polar surface area (TPSA) is 86.0 Å². The largest absolute Gasteiger partial charge is 0.352 e. The van der Waals surface area contributed by atoms with E-state index >= 15 is 0 Å². The van der Waals surface area contributed by atoms with Gasteiger partial charge < -0.3 is 5.32 Å². The Kier molecular flexibility index (Phi) is 5.26. The van der Waals surface area contributed by atoms with Crippen LogP contribution >= 0.6 is 11.6 Å². The van der Waals surface area contributed by atoms with E-state index in [-0.39, 0.29) is 12.6 Å². The van der Waals surface area contributed by atoms with E-state index in [0.29, 0.717) is 16.3 Å². The smallest absolute Gasteiger partial charge is 0.348 e. The lowest BCUT2D eigenvalue weighted by molar-refractivity contribution is 0.0941. The Bertz CT molecular complexity index is 1260. The minimum absolute atomic E-state index is 0.00423. The van der Waals surface area contributed by atoms with Crippen molar-refractivity contribution in [2.45, 2.75) is 32.4 Å². The molecule has 154 valence electrons. The highest BCUT2D eigenvalue weighted by atomic mass is 35.5.